The van der Waals surface area contributed by atoms with Gasteiger partial charge in [0, 0.05) is 30.9 Å². The first-order valence-corrected chi connectivity index (χ1v) is 7.77. The van der Waals surface area contributed by atoms with Gasteiger partial charge in [-0.25, -0.2) is 0 Å². The number of anilines is 1. The number of piperazine rings is 1. The first-order valence-electron chi connectivity index (χ1n) is 7.39. The number of fused-ring (bicyclic) bond motifs is 1. The zero-order valence-corrected chi connectivity index (χ0v) is 12.6. The van der Waals surface area contributed by atoms with E-state index >= 15 is 0 Å². The average molecular weight is 290 g/mol. The molecule has 0 N–H and O–H groups in total. The number of piperidine rings is 1. The van der Waals surface area contributed by atoms with E-state index in [2.05, 4.69) is 22.8 Å². The minimum Gasteiger partial charge on any atom is -0.366 e. The van der Waals surface area contributed by atoms with Gasteiger partial charge in [0.1, 0.15) is 6.07 Å². The van der Waals surface area contributed by atoms with Crippen LogP contribution in [0.25, 0.3) is 0 Å². The second-order valence-corrected chi connectivity index (χ2v) is 6.33. The quantitative estimate of drug-likeness (QED) is 0.795. The van der Waals surface area contributed by atoms with Crippen LogP contribution in [0.15, 0.2) is 18.2 Å². The molecule has 1 aromatic carbocycles. The Bertz CT molecular complexity index is 537. The standard InChI is InChI=1S/C16H20ClN3/c1-12-10-19-7-3-2-4-15(19)11-20(12)14-6-5-13(9-18)16(17)8-14/h5-6,8,12,15H,2-4,7,10-11H2,1H3. The SMILES string of the molecule is CC1CN2CCCCC2CN1c1ccc(C#N)c(Cl)c1. The summed E-state index contributed by atoms with van der Waals surface area (Å²) in [4.78, 5) is 5.08. The van der Waals surface area contributed by atoms with Gasteiger partial charge in [-0.1, -0.05) is 18.0 Å². The molecule has 4 heteroatoms. The first kappa shape index (κ1) is 13.7. The number of benzene rings is 1. The Morgan fingerprint density at radius 1 is 1.30 bits per heavy atom. The van der Waals surface area contributed by atoms with Crippen LogP contribution in [0.4, 0.5) is 5.69 Å². The summed E-state index contributed by atoms with van der Waals surface area (Å²) in [6.07, 6.45) is 3.98. The topological polar surface area (TPSA) is 30.3 Å². The van der Waals surface area contributed by atoms with Gasteiger partial charge in [0.15, 0.2) is 0 Å². The lowest BCUT2D eigenvalue weighted by Crippen LogP contribution is -2.58. The summed E-state index contributed by atoms with van der Waals surface area (Å²) >= 11 is 6.17. The molecule has 20 heavy (non-hydrogen) atoms. The summed E-state index contributed by atoms with van der Waals surface area (Å²) in [7, 11) is 0. The van der Waals surface area contributed by atoms with Crippen molar-refractivity contribution in [3.05, 3.63) is 28.8 Å². The molecule has 2 heterocycles. The minimum atomic E-state index is 0.494. The van der Waals surface area contributed by atoms with Crippen molar-refractivity contribution in [3.63, 3.8) is 0 Å². The van der Waals surface area contributed by atoms with Crippen LogP contribution in [0.3, 0.4) is 0 Å². The smallest absolute Gasteiger partial charge is 0.101 e. The van der Waals surface area contributed by atoms with Crippen molar-refractivity contribution < 1.29 is 0 Å². The van der Waals surface area contributed by atoms with E-state index in [4.69, 9.17) is 16.9 Å². The van der Waals surface area contributed by atoms with E-state index in [1.54, 1.807) is 0 Å². The fraction of sp³-hybridized carbons (Fsp3) is 0.562. The fourth-order valence-corrected chi connectivity index (χ4v) is 3.70. The van der Waals surface area contributed by atoms with E-state index in [-0.39, 0.29) is 0 Å². The molecule has 106 valence electrons. The Balaban J connectivity index is 1.82. The molecule has 0 amide bonds. The highest BCUT2D eigenvalue weighted by Crippen LogP contribution is 2.30. The molecule has 2 fully saturated rings. The van der Waals surface area contributed by atoms with Gasteiger partial charge in [-0.05, 0) is 44.5 Å². The third-order valence-electron chi connectivity index (χ3n) is 4.59. The van der Waals surface area contributed by atoms with E-state index in [0.717, 1.165) is 18.8 Å². The van der Waals surface area contributed by atoms with Gasteiger partial charge in [0.2, 0.25) is 0 Å². The van der Waals surface area contributed by atoms with Gasteiger partial charge in [-0.3, -0.25) is 4.90 Å². The lowest BCUT2D eigenvalue weighted by molar-refractivity contribution is 0.115. The van der Waals surface area contributed by atoms with Crippen LogP contribution >= 0.6 is 11.6 Å². The molecule has 2 saturated heterocycles. The third-order valence-corrected chi connectivity index (χ3v) is 4.90. The second kappa shape index (κ2) is 5.63. The maximum Gasteiger partial charge on any atom is 0.101 e. The molecule has 2 aliphatic rings. The number of rotatable bonds is 1. The second-order valence-electron chi connectivity index (χ2n) is 5.92. The van der Waals surface area contributed by atoms with Crippen molar-refractivity contribution in [2.24, 2.45) is 0 Å². The van der Waals surface area contributed by atoms with E-state index in [1.807, 2.05) is 18.2 Å². The van der Waals surface area contributed by atoms with Gasteiger partial charge in [0.25, 0.3) is 0 Å². The van der Waals surface area contributed by atoms with E-state index in [9.17, 15) is 0 Å². The maximum atomic E-state index is 8.97. The van der Waals surface area contributed by atoms with Crippen LogP contribution in [0.2, 0.25) is 5.02 Å². The minimum absolute atomic E-state index is 0.494. The van der Waals surface area contributed by atoms with Crippen LogP contribution in [0, 0.1) is 11.3 Å². The Labute approximate surface area is 125 Å². The highest BCUT2D eigenvalue weighted by atomic mass is 35.5. The molecule has 2 aliphatic heterocycles. The van der Waals surface area contributed by atoms with E-state index in [1.165, 1.54) is 25.8 Å². The van der Waals surface area contributed by atoms with Crippen molar-refractivity contribution in [1.82, 2.24) is 4.90 Å². The van der Waals surface area contributed by atoms with Gasteiger partial charge in [-0.15, -0.1) is 0 Å². The maximum absolute atomic E-state index is 8.97. The largest absolute Gasteiger partial charge is 0.366 e. The van der Waals surface area contributed by atoms with Crippen molar-refractivity contribution in [1.29, 1.82) is 5.26 Å². The lowest BCUT2D eigenvalue weighted by atomic mass is 9.96. The molecular formula is C16H20ClN3. The van der Waals surface area contributed by atoms with Crippen LogP contribution in [-0.4, -0.2) is 36.6 Å². The van der Waals surface area contributed by atoms with Gasteiger partial charge in [0.05, 0.1) is 10.6 Å². The number of nitriles is 1. The summed E-state index contributed by atoms with van der Waals surface area (Å²) in [5.74, 6) is 0. The molecule has 0 saturated carbocycles. The molecule has 3 nitrogen and oxygen atoms in total. The average Bonchev–Trinajstić information content (AvgIpc) is 2.46. The lowest BCUT2D eigenvalue weighted by Gasteiger charge is -2.48. The Kier molecular flexibility index (Phi) is 3.87. The molecule has 2 unspecified atom stereocenters. The molecule has 1 aromatic rings. The molecule has 0 spiro atoms. The summed E-state index contributed by atoms with van der Waals surface area (Å²) < 4.78 is 0. The molecule has 3 rings (SSSR count). The molecule has 2 atom stereocenters. The predicted molar refractivity (Wildman–Crippen MR) is 82.2 cm³/mol. The fourth-order valence-electron chi connectivity index (χ4n) is 3.49. The van der Waals surface area contributed by atoms with Crippen LogP contribution in [0.1, 0.15) is 31.7 Å². The van der Waals surface area contributed by atoms with Gasteiger partial charge < -0.3 is 4.90 Å². The van der Waals surface area contributed by atoms with Crippen molar-refractivity contribution in [2.75, 3.05) is 24.5 Å². The van der Waals surface area contributed by atoms with Crippen LogP contribution < -0.4 is 4.90 Å². The van der Waals surface area contributed by atoms with Gasteiger partial charge >= 0.3 is 0 Å². The summed E-state index contributed by atoms with van der Waals surface area (Å²) in [6.45, 7) is 5.72. The number of halogens is 1. The first-order chi connectivity index (χ1) is 9.69. The number of hydrogen-bond donors (Lipinski definition) is 0. The van der Waals surface area contributed by atoms with Crippen molar-refractivity contribution in [2.45, 2.75) is 38.3 Å². The molecule has 0 radical (unpaired) electrons. The molecule has 0 aliphatic carbocycles. The van der Waals surface area contributed by atoms with E-state index in [0.29, 0.717) is 22.7 Å². The van der Waals surface area contributed by atoms with E-state index < -0.39 is 0 Å². The van der Waals surface area contributed by atoms with Crippen molar-refractivity contribution >= 4 is 17.3 Å². The van der Waals surface area contributed by atoms with Crippen molar-refractivity contribution in [3.8, 4) is 6.07 Å². The zero-order valence-electron chi connectivity index (χ0n) is 11.8. The predicted octanol–water partition coefficient (Wildman–Crippen LogP) is 3.27. The third kappa shape index (κ3) is 2.51. The Morgan fingerprint density at radius 3 is 2.90 bits per heavy atom. The molecule has 0 bridgehead atoms. The highest BCUT2D eigenvalue weighted by Gasteiger charge is 2.33. The Hall–Kier alpha value is -1.24. The summed E-state index contributed by atoms with van der Waals surface area (Å²) in [5, 5.41) is 9.53. The highest BCUT2D eigenvalue weighted by molar-refractivity contribution is 6.32. The monoisotopic (exact) mass is 289 g/mol. The van der Waals surface area contributed by atoms with Gasteiger partial charge in [-0.2, -0.15) is 5.26 Å². The Morgan fingerprint density at radius 2 is 2.15 bits per heavy atom. The van der Waals surface area contributed by atoms with Crippen LogP contribution in [-0.2, 0) is 0 Å². The normalized spacial score (nSPS) is 26.9. The zero-order chi connectivity index (χ0) is 14.1. The molecular weight excluding hydrogens is 270 g/mol. The van der Waals surface area contributed by atoms with Crippen LogP contribution in [0.5, 0.6) is 0 Å². The summed E-state index contributed by atoms with van der Waals surface area (Å²) in [6, 6.07) is 9.09. The number of hydrogen-bond acceptors (Lipinski definition) is 3. The number of nitrogens with zero attached hydrogens (tertiary/aromatic N) is 3. The summed E-state index contributed by atoms with van der Waals surface area (Å²) in [5.41, 5.74) is 1.70. The molecule has 0 aromatic heterocycles.